The van der Waals surface area contributed by atoms with Gasteiger partial charge in [-0.2, -0.15) is 13.2 Å². The van der Waals surface area contributed by atoms with Crippen LogP contribution in [-0.4, -0.2) is 36.3 Å². The third-order valence-corrected chi connectivity index (χ3v) is 5.37. The minimum Gasteiger partial charge on any atom is -0.444 e. The molecule has 0 saturated carbocycles. The molecule has 1 spiro atoms. The van der Waals surface area contributed by atoms with Crippen molar-refractivity contribution in [3.8, 4) is 0 Å². The largest absolute Gasteiger partial charge is 0.444 e. The molecule has 0 aliphatic carbocycles. The zero-order chi connectivity index (χ0) is 17.8. The van der Waals surface area contributed by atoms with Crippen LogP contribution in [0.1, 0.15) is 44.1 Å². The van der Waals surface area contributed by atoms with E-state index in [-0.39, 0.29) is 10.4 Å². The summed E-state index contributed by atoms with van der Waals surface area (Å²) in [6, 6.07) is 0.907. The maximum absolute atomic E-state index is 14.0. The van der Waals surface area contributed by atoms with Crippen molar-refractivity contribution in [2.24, 2.45) is 0 Å². The van der Waals surface area contributed by atoms with E-state index in [2.05, 4.69) is 0 Å². The van der Waals surface area contributed by atoms with Crippen LogP contribution in [0.25, 0.3) is 0 Å². The molecule has 1 aromatic rings. The molecule has 0 N–H and O–H groups in total. The predicted molar refractivity (Wildman–Crippen MR) is 82.8 cm³/mol. The van der Waals surface area contributed by atoms with E-state index in [9.17, 15) is 18.0 Å². The number of amides is 1. The van der Waals surface area contributed by atoms with Gasteiger partial charge in [0.05, 0.1) is 0 Å². The van der Waals surface area contributed by atoms with E-state index in [0.29, 0.717) is 37.3 Å². The third-order valence-electron chi connectivity index (χ3n) is 4.26. The molecule has 3 heterocycles. The van der Waals surface area contributed by atoms with Crippen molar-refractivity contribution < 1.29 is 27.4 Å². The number of rotatable bonds is 0. The number of thiophene rings is 1. The molecule has 1 amide bonds. The van der Waals surface area contributed by atoms with Gasteiger partial charge in [0.25, 0.3) is 5.92 Å². The maximum Gasteiger partial charge on any atom is 0.410 e. The number of halogens is 3. The van der Waals surface area contributed by atoms with Crippen LogP contribution < -0.4 is 0 Å². The Morgan fingerprint density at radius 1 is 1.33 bits per heavy atom. The van der Waals surface area contributed by atoms with Gasteiger partial charge in [0.2, 0.25) is 0 Å². The fraction of sp³-hybridized carbons (Fsp3) is 0.688. The molecule has 2 aliphatic rings. The summed E-state index contributed by atoms with van der Waals surface area (Å²) in [5, 5.41) is -0.640. The van der Waals surface area contributed by atoms with Gasteiger partial charge in [0, 0.05) is 23.5 Å². The van der Waals surface area contributed by atoms with Crippen LogP contribution >= 0.6 is 11.3 Å². The first-order valence-electron chi connectivity index (χ1n) is 7.82. The summed E-state index contributed by atoms with van der Waals surface area (Å²) < 4.78 is 52.4. The van der Waals surface area contributed by atoms with Crippen molar-refractivity contribution in [3.05, 3.63) is 21.6 Å². The van der Waals surface area contributed by atoms with Gasteiger partial charge in [0.15, 0.2) is 5.13 Å². The lowest BCUT2D eigenvalue weighted by Gasteiger charge is -2.45. The highest BCUT2D eigenvalue weighted by atomic mass is 32.1. The monoisotopic (exact) mass is 363 g/mol. The Morgan fingerprint density at radius 3 is 2.54 bits per heavy atom. The lowest BCUT2D eigenvalue weighted by Crippen LogP contribution is -2.50. The summed E-state index contributed by atoms with van der Waals surface area (Å²) in [6.07, 6.45) is 0.251. The zero-order valence-electron chi connectivity index (χ0n) is 13.8. The highest BCUT2D eigenvalue weighted by Gasteiger charge is 2.52. The Labute approximate surface area is 142 Å². The maximum atomic E-state index is 14.0. The molecule has 0 unspecified atom stereocenters. The number of alkyl halides is 2. The summed E-state index contributed by atoms with van der Waals surface area (Å²) in [4.78, 5) is 13.9. The van der Waals surface area contributed by atoms with Gasteiger partial charge < -0.3 is 14.4 Å². The van der Waals surface area contributed by atoms with Crippen molar-refractivity contribution in [2.75, 3.05) is 19.7 Å². The van der Waals surface area contributed by atoms with Crippen molar-refractivity contribution in [1.29, 1.82) is 0 Å². The fourth-order valence-electron chi connectivity index (χ4n) is 3.09. The lowest BCUT2D eigenvalue weighted by atomic mass is 9.84. The van der Waals surface area contributed by atoms with Crippen LogP contribution in [0.15, 0.2) is 6.07 Å². The number of fused-ring (bicyclic) bond motifs is 2. The number of carbonyl (C=O) groups excluding carboxylic acids is 1. The van der Waals surface area contributed by atoms with Crippen LogP contribution in [0.4, 0.5) is 18.0 Å². The van der Waals surface area contributed by atoms with Crippen molar-refractivity contribution in [2.45, 2.75) is 50.7 Å². The molecule has 24 heavy (non-hydrogen) atoms. The summed E-state index contributed by atoms with van der Waals surface area (Å²) >= 11 is 0.711. The van der Waals surface area contributed by atoms with E-state index >= 15 is 0 Å². The number of likely N-dealkylation sites (tertiary alicyclic amines) is 1. The van der Waals surface area contributed by atoms with E-state index in [1.165, 1.54) is 4.90 Å². The fourth-order valence-corrected chi connectivity index (χ4v) is 4.23. The van der Waals surface area contributed by atoms with Gasteiger partial charge in [-0.05, 0) is 39.7 Å². The Morgan fingerprint density at radius 2 is 1.96 bits per heavy atom. The predicted octanol–water partition coefficient (Wildman–Crippen LogP) is 4.24. The molecule has 3 rings (SSSR count). The van der Waals surface area contributed by atoms with Crippen molar-refractivity contribution in [3.63, 3.8) is 0 Å². The Bertz CT molecular complexity index is 645. The van der Waals surface area contributed by atoms with Gasteiger partial charge in [0.1, 0.15) is 17.8 Å². The van der Waals surface area contributed by atoms with Crippen LogP contribution in [0.5, 0.6) is 0 Å². The molecule has 1 saturated heterocycles. The van der Waals surface area contributed by atoms with Crippen LogP contribution in [-0.2, 0) is 21.0 Å². The van der Waals surface area contributed by atoms with Gasteiger partial charge in [-0.15, -0.1) is 11.3 Å². The molecule has 1 fully saturated rings. The highest BCUT2D eigenvalue weighted by molar-refractivity contribution is 7.10. The van der Waals surface area contributed by atoms with Crippen LogP contribution in [0, 0.1) is 5.13 Å². The second kappa shape index (κ2) is 5.62. The summed E-state index contributed by atoms with van der Waals surface area (Å²) in [5.41, 5.74) is -1.81. The molecule has 2 aliphatic heterocycles. The second-order valence-corrected chi connectivity index (χ2v) is 8.25. The first-order valence-corrected chi connectivity index (χ1v) is 8.64. The topological polar surface area (TPSA) is 38.8 Å². The summed E-state index contributed by atoms with van der Waals surface area (Å²) in [6.45, 7) is 5.22. The van der Waals surface area contributed by atoms with E-state index < -0.39 is 35.0 Å². The Hall–Kier alpha value is -1.28. The summed E-state index contributed by atoms with van der Waals surface area (Å²) in [5.74, 6) is -3.18. The SMILES string of the molecule is CC(C)(C)OC(=O)N1CCC2(CC1)OCC(F)(F)c1cc(F)sc12. The smallest absolute Gasteiger partial charge is 0.410 e. The minimum atomic E-state index is -3.18. The third kappa shape index (κ3) is 3.13. The minimum absolute atomic E-state index is 0.250. The highest BCUT2D eigenvalue weighted by Crippen LogP contribution is 2.51. The molecule has 1 aromatic heterocycles. The lowest BCUT2D eigenvalue weighted by molar-refractivity contribution is -0.180. The number of hydrogen-bond donors (Lipinski definition) is 0. The van der Waals surface area contributed by atoms with Gasteiger partial charge in [-0.25, -0.2) is 4.79 Å². The zero-order valence-corrected chi connectivity index (χ0v) is 14.6. The number of hydrogen-bond acceptors (Lipinski definition) is 4. The number of carbonyl (C=O) groups is 1. The number of piperidine rings is 1. The van der Waals surface area contributed by atoms with E-state index in [1.807, 2.05) is 0 Å². The molecule has 0 atom stereocenters. The molecule has 134 valence electrons. The Kier molecular flexibility index (Phi) is 4.11. The van der Waals surface area contributed by atoms with E-state index in [4.69, 9.17) is 9.47 Å². The molecule has 8 heteroatoms. The average molecular weight is 363 g/mol. The molecule has 4 nitrogen and oxygen atoms in total. The molecular formula is C16H20F3NO3S. The molecular weight excluding hydrogens is 343 g/mol. The quantitative estimate of drug-likeness (QED) is 0.692. The van der Waals surface area contributed by atoms with E-state index in [0.717, 1.165) is 6.07 Å². The first-order chi connectivity index (χ1) is 11.0. The van der Waals surface area contributed by atoms with Crippen LogP contribution in [0.3, 0.4) is 0 Å². The standard InChI is InChI=1S/C16H20F3NO3S/c1-14(2,3)23-13(21)20-6-4-15(5-7-20)12-10(8-11(17)24-12)16(18,19)9-22-15/h8H,4-7,9H2,1-3H3. The van der Waals surface area contributed by atoms with Crippen molar-refractivity contribution >= 4 is 17.4 Å². The average Bonchev–Trinajstić information content (AvgIpc) is 2.87. The Balaban J connectivity index is 1.77. The molecule has 0 radical (unpaired) electrons. The number of nitrogens with zero attached hydrogens (tertiary/aromatic N) is 1. The first kappa shape index (κ1) is 17.5. The summed E-state index contributed by atoms with van der Waals surface area (Å²) in [7, 11) is 0. The molecule has 0 bridgehead atoms. The van der Waals surface area contributed by atoms with Crippen molar-refractivity contribution in [1.82, 2.24) is 4.90 Å². The molecule has 0 aromatic carbocycles. The van der Waals surface area contributed by atoms with Gasteiger partial charge in [-0.3, -0.25) is 0 Å². The van der Waals surface area contributed by atoms with Gasteiger partial charge >= 0.3 is 6.09 Å². The normalized spacial score (nSPS) is 22.3. The van der Waals surface area contributed by atoms with E-state index in [1.54, 1.807) is 20.8 Å². The number of ether oxygens (including phenoxy) is 2. The van der Waals surface area contributed by atoms with Gasteiger partial charge in [-0.1, -0.05) is 0 Å². The second-order valence-electron chi connectivity index (χ2n) is 7.25. The van der Waals surface area contributed by atoms with Crippen LogP contribution in [0.2, 0.25) is 0 Å².